The zero-order chi connectivity index (χ0) is 12.5. The molecular weight excluding hydrogens is 243 g/mol. The van der Waals surface area contributed by atoms with Gasteiger partial charge in [0, 0.05) is 12.0 Å². The van der Waals surface area contributed by atoms with Crippen LogP contribution in [0, 0.1) is 0 Å². The molecule has 0 aliphatic rings. The molecule has 0 N–H and O–H groups in total. The maximum Gasteiger partial charge on any atom is 0.391 e. The molecule has 0 saturated heterocycles. The highest BCUT2D eigenvalue weighted by molar-refractivity contribution is 6.28. The van der Waals surface area contributed by atoms with E-state index in [0.29, 0.717) is 5.82 Å². The Bertz CT molecular complexity index is 359. The van der Waals surface area contributed by atoms with Gasteiger partial charge in [-0.05, 0) is 18.5 Å². The van der Waals surface area contributed by atoms with Crippen molar-refractivity contribution in [1.82, 2.24) is 14.8 Å². The summed E-state index contributed by atoms with van der Waals surface area (Å²) in [6, 6.07) is -0.792. The molecule has 1 heterocycles. The van der Waals surface area contributed by atoms with E-state index in [0.717, 1.165) is 0 Å². The molecule has 0 spiro atoms. The first-order valence-electron chi connectivity index (χ1n) is 4.89. The van der Waals surface area contributed by atoms with Gasteiger partial charge in [0.05, 0.1) is 6.42 Å². The zero-order valence-electron chi connectivity index (χ0n) is 9.22. The maximum atomic E-state index is 12.3. The minimum absolute atomic E-state index is 0.000417. The Morgan fingerprint density at radius 1 is 1.25 bits per heavy atom. The lowest BCUT2D eigenvalue weighted by Gasteiger charge is -2.19. The van der Waals surface area contributed by atoms with Crippen LogP contribution in [0.2, 0.25) is 5.28 Å². The lowest BCUT2D eigenvalue weighted by atomic mass is 10.1. The van der Waals surface area contributed by atoms with Crippen LogP contribution in [0.5, 0.6) is 0 Å². The summed E-state index contributed by atoms with van der Waals surface area (Å²) in [7, 11) is 0. The second kappa shape index (κ2) is 4.61. The molecule has 0 radical (unpaired) electrons. The second-order valence-corrected chi connectivity index (χ2v) is 4.36. The molecule has 1 rings (SSSR count). The average Bonchev–Trinajstić information content (AvgIpc) is 2.43. The highest BCUT2D eigenvalue weighted by Crippen LogP contribution is 2.31. The van der Waals surface area contributed by atoms with E-state index in [4.69, 9.17) is 11.6 Å². The Morgan fingerprint density at radius 2 is 1.81 bits per heavy atom. The van der Waals surface area contributed by atoms with Crippen LogP contribution in [-0.2, 0) is 0 Å². The zero-order valence-corrected chi connectivity index (χ0v) is 9.97. The topological polar surface area (TPSA) is 30.7 Å². The van der Waals surface area contributed by atoms with Crippen molar-refractivity contribution in [3.63, 3.8) is 0 Å². The molecule has 7 heteroatoms. The van der Waals surface area contributed by atoms with E-state index >= 15 is 0 Å². The molecule has 1 aromatic rings. The van der Waals surface area contributed by atoms with Gasteiger partial charge in [-0.3, -0.25) is 4.57 Å². The van der Waals surface area contributed by atoms with Gasteiger partial charge in [0.1, 0.15) is 5.82 Å². The number of nitrogens with zero attached hydrogens (tertiary/aromatic N) is 3. The van der Waals surface area contributed by atoms with E-state index in [-0.39, 0.29) is 11.2 Å². The monoisotopic (exact) mass is 255 g/mol. The minimum atomic E-state index is -4.22. The Kier molecular flexibility index (Phi) is 3.83. The van der Waals surface area contributed by atoms with Gasteiger partial charge >= 0.3 is 6.18 Å². The van der Waals surface area contributed by atoms with E-state index in [1.807, 2.05) is 13.8 Å². The molecule has 1 aromatic heterocycles. The van der Waals surface area contributed by atoms with Crippen LogP contribution in [0.4, 0.5) is 13.2 Å². The predicted octanol–water partition coefficient (Wildman–Crippen LogP) is 3.57. The fourth-order valence-corrected chi connectivity index (χ4v) is 1.80. The van der Waals surface area contributed by atoms with Crippen LogP contribution >= 0.6 is 11.6 Å². The largest absolute Gasteiger partial charge is 0.391 e. The second-order valence-electron chi connectivity index (χ2n) is 4.02. The smallest absolute Gasteiger partial charge is 0.298 e. The summed E-state index contributed by atoms with van der Waals surface area (Å²) < 4.78 is 38.1. The third-order valence-corrected chi connectivity index (χ3v) is 2.42. The molecular formula is C9H13ClF3N3. The normalized spacial score (nSPS) is 14.5. The number of halogens is 4. The van der Waals surface area contributed by atoms with Crippen molar-refractivity contribution in [2.24, 2.45) is 0 Å². The third kappa shape index (κ3) is 3.10. The van der Waals surface area contributed by atoms with Crippen LogP contribution < -0.4 is 0 Å². The molecule has 1 unspecified atom stereocenters. The number of aromatic nitrogens is 3. The summed E-state index contributed by atoms with van der Waals surface area (Å²) in [5.74, 6) is 0.456. The van der Waals surface area contributed by atoms with Gasteiger partial charge in [-0.1, -0.05) is 13.8 Å². The van der Waals surface area contributed by atoms with Gasteiger partial charge < -0.3 is 0 Å². The van der Waals surface area contributed by atoms with Gasteiger partial charge in [0.25, 0.3) is 0 Å². The van der Waals surface area contributed by atoms with E-state index < -0.39 is 18.6 Å². The van der Waals surface area contributed by atoms with Gasteiger partial charge in [0.15, 0.2) is 0 Å². The van der Waals surface area contributed by atoms with Gasteiger partial charge in [-0.2, -0.15) is 13.2 Å². The molecule has 0 bridgehead atoms. The molecule has 0 fully saturated rings. The number of rotatable bonds is 3. The molecule has 16 heavy (non-hydrogen) atoms. The Balaban J connectivity index is 2.98. The van der Waals surface area contributed by atoms with Crippen LogP contribution in [0.1, 0.15) is 45.0 Å². The van der Waals surface area contributed by atoms with Gasteiger partial charge in [-0.15, -0.1) is 10.2 Å². The first kappa shape index (κ1) is 13.3. The van der Waals surface area contributed by atoms with Crippen molar-refractivity contribution in [1.29, 1.82) is 0 Å². The van der Waals surface area contributed by atoms with Crippen LogP contribution in [0.15, 0.2) is 0 Å². The van der Waals surface area contributed by atoms with E-state index in [9.17, 15) is 13.2 Å². The van der Waals surface area contributed by atoms with Crippen LogP contribution in [0.3, 0.4) is 0 Å². The minimum Gasteiger partial charge on any atom is -0.298 e. The fourth-order valence-electron chi connectivity index (χ4n) is 1.51. The van der Waals surface area contributed by atoms with Crippen molar-refractivity contribution in [3.05, 3.63) is 11.1 Å². The van der Waals surface area contributed by atoms with Gasteiger partial charge in [-0.25, -0.2) is 0 Å². The predicted molar refractivity (Wildman–Crippen MR) is 54.5 cm³/mol. The summed E-state index contributed by atoms with van der Waals surface area (Å²) in [5.41, 5.74) is 0. The van der Waals surface area contributed by atoms with Crippen LogP contribution in [-0.4, -0.2) is 20.9 Å². The van der Waals surface area contributed by atoms with Crippen molar-refractivity contribution in [3.8, 4) is 0 Å². The quantitative estimate of drug-likeness (QED) is 0.827. The molecule has 0 aromatic carbocycles. The highest BCUT2D eigenvalue weighted by atomic mass is 35.5. The number of hydrogen-bond acceptors (Lipinski definition) is 2. The Hall–Kier alpha value is -0.780. The Labute approximate surface area is 96.6 Å². The average molecular weight is 256 g/mol. The van der Waals surface area contributed by atoms with Crippen LogP contribution in [0.25, 0.3) is 0 Å². The summed E-state index contributed by atoms with van der Waals surface area (Å²) in [5, 5.41) is 7.38. The standard InChI is InChI=1S/C9H13ClF3N3/c1-5(2)7-14-15-8(10)16(7)6(3)4-9(11,12)13/h5-6H,4H2,1-3H3. The van der Waals surface area contributed by atoms with E-state index in [2.05, 4.69) is 10.2 Å². The summed E-state index contributed by atoms with van der Waals surface area (Å²) in [6.07, 6.45) is -5.16. The number of hydrogen-bond donors (Lipinski definition) is 0. The molecule has 0 aliphatic heterocycles. The maximum absolute atomic E-state index is 12.3. The molecule has 92 valence electrons. The Morgan fingerprint density at radius 3 is 2.25 bits per heavy atom. The van der Waals surface area contributed by atoms with Gasteiger partial charge in [0.2, 0.25) is 5.28 Å². The van der Waals surface area contributed by atoms with Crippen molar-refractivity contribution < 1.29 is 13.2 Å². The van der Waals surface area contributed by atoms with Crippen molar-refractivity contribution >= 4 is 11.6 Å². The molecule has 0 aliphatic carbocycles. The van der Waals surface area contributed by atoms with E-state index in [1.165, 1.54) is 11.5 Å². The summed E-state index contributed by atoms with van der Waals surface area (Å²) in [4.78, 5) is 0. The fraction of sp³-hybridized carbons (Fsp3) is 0.778. The SMILES string of the molecule is CC(C)c1nnc(Cl)n1C(C)CC(F)(F)F. The lowest BCUT2D eigenvalue weighted by molar-refractivity contribution is -0.141. The number of alkyl halides is 3. The lowest BCUT2D eigenvalue weighted by Crippen LogP contribution is -2.18. The molecule has 0 saturated carbocycles. The van der Waals surface area contributed by atoms with Crippen molar-refractivity contribution in [2.75, 3.05) is 0 Å². The molecule has 3 nitrogen and oxygen atoms in total. The first-order valence-corrected chi connectivity index (χ1v) is 5.27. The van der Waals surface area contributed by atoms with E-state index in [1.54, 1.807) is 0 Å². The van der Waals surface area contributed by atoms with Crippen molar-refractivity contribution in [2.45, 2.75) is 45.3 Å². The summed E-state index contributed by atoms with van der Waals surface area (Å²) >= 11 is 5.73. The highest BCUT2D eigenvalue weighted by Gasteiger charge is 2.32. The first-order chi connectivity index (χ1) is 7.22. The summed E-state index contributed by atoms with van der Waals surface area (Å²) in [6.45, 7) is 5.11. The molecule has 1 atom stereocenters. The molecule has 0 amide bonds. The third-order valence-electron chi connectivity index (χ3n) is 2.16.